The molecular weight excluding hydrogens is 594 g/mol. The van der Waals surface area contributed by atoms with Crippen molar-refractivity contribution in [3.05, 3.63) is 113 Å². The number of benzene rings is 4. The quantitative estimate of drug-likeness (QED) is 0.106. The highest BCUT2D eigenvalue weighted by Crippen LogP contribution is 2.49. The van der Waals surface area contributed by atoms with Crippen LogP contribution in [0.3, 0.4) is 0 Å². The molecule has 0 spiro atoms. The number of nitrogens with one attached hydrogen (secondary N) is 1. The smallest absolute Gasteiger partial charge is 0.324 e. The fourth-order valence-electron chi connectivity index (χ4n) is 3.95. The van der Waals surface area contributed by atoms with E-state index in [9.17, 15) is 52.9 Å². The maximum absolute atomic E-state index is 14.7. The van der Waals surface area contributed by atoms with Crippen molar-refractivity contribution in [1.82, 2.24) is 0 Å². The third-order valence-electron chi connectivity index (χ3n) is 6.04. The lowest BCUT2D eigenvalue weighted by atomic mass is 10.0. The first-order valence-corrected chi connectivity index (χ1v) is 13.0. The van der Waals surface area contributed by atoms with Crippen molar-refractivity contribution in [3.8, 4) is 11.1 Å². The van der Waals surface area contributed by atoms with E-state index in [1.807, 2.05) is 0 Å². The molecule has 216 valence electrons. The maximum atomic E-state index is 14.7. The Morgan fingerprint density at radius 1 is 0.634 bits per heavy atom. The van der Waals surface area contributed by atoms with Gasteiger partial charge in [0.05, 0.1) is 11.1 Å². The normalized spacial score (nSPS) is 13.7. The van der Waals surface area contributed by atoms with Gasteiger partial charge in [-0.3, -0.25) is 4.57 Å². The standard InChI is InChI=1S/C27H15F11NOP/c1-13-5-7-14(8-6-13)18-10-9-16(27(36,37)38)12-19(18)41(40,17-4-2-3-15(11-17)26(33,34)35)39-25-23(31)21(29)20(28)22(30)24(25)32/h2-12H,1H3,(H,39,40). The predicted octanol–water partition coefficient (Wildman–Crippen LogP) is 8.74. The fourth-order valence-corrected chi connectivity index (χ4v) is 6.47. The number of anilines is 1. The predicted molar refractivity (Wildman–Crippen MR) is 130 cm³/mol. The molecule has 4 aromatic rings. The van der Waals surface area contributed by atoms with Gasteiger partial charge < -0.3 is 5.09 Å². The van der Waals surface area contributed by atoms with Crippen molar-refractivity contribution >= 4 is 23.6 Å². The van der Waals surface area contributed by atoms with E-state index in [0.717, 1.165) is 18.2 Å². The molecule has 0 saturated heterocycles. The lowest BCUT2D eigenvalue weighted by Gasteiger charge is -2.26. The van der Waals surface area contributed by atoms with Crippen molar-refractivity contribution in [3.63, 3.8) is 0 Å². The molecule has 0 amide bonds. The SMILES string of the molecule is Cc1ccc(-c2ccc(C(F)(F)F)cc2P(=O)(Nc2c(F)c(F)c(F)c(F)c2F)c2cccc(C(F)(F)F)c2)cc1. The van der Waals surface area contributed by atoms with Crippen molar-refractivity contribution in [2.75, 3.05) is 5.09 Å². The Morgan fingerprint density at radius 2 is 1.15 bits per heavy atom. The summed E-state index contributed by atoms with van der Waals surface area (Å²) in [4.78, 5) is 0. The van der Waals surface area contributed by atoms with Crippen LogP contribution in [-0.2, 0) is 16.9 Å². The van der Waals surface area contributed by atoms with Gasteiger partial charge in [-0.2, -0.15) is 26.3 Å². The Morgan fingerprint density at radius 3 is 1.68 bits per heavy atom. The van der Waals surface area contributed by atoms with Gasteiger partial charge in [0.25, 0.3) is 0 Å². The van der Waals surface area contributed by atoms with Gasteiger partial charge >= 0.3 is 12.4 Å². The molecule has 0 aliphatic rings. The van der Waals surface area contributed by atoms with Crippen LogP contribution in [0.1, 0.15) is 16.7 Å². The number of aryl methyl sites for hydroxylation is 1. The Kier molecular flexibility index (Phi) is 7.72. The second-order valence-corrected chi connectivity index (χ2v) is 11.3. The number of rotatable bonds is 5. The summed E-state index contributed by atoms with van der Waals surface area (Å²) in [5.41, 5.74) is -4.31. The van der Waals surface area contributed by atoms with Crippen LogP contribution in [-0.4, -0.2) is 0 Å². The van der Waals surface area contributed by atoms with Crippen molar-refractivity contribution in [2.45, 2.75) is 19.3 Å². The molecule has 2 nitrogen and oxygen atoms in total. The number of halogens is 11. The van der Waals surface area contributed by atoms with Crippen LogP contribution in [0.5, 0.6) is 0 Å². The van der Waals surface area contributed by atoms with Crippen molar-refractivity contribution < 1.29 is 52.9 Å². The Labute approximate surface area is 224 Å². The first-order valence-electron chi connectivity index (χ1n) is 11.3. The Hall–Kier alpha value is -3.86. The molecule has 4 rings (SSSR count). The fraction of sp³-hybridized carbons (Fsp3) is 0.111. The summed E-state index contributed by atoms with van der Waals surface area (Å²) in [6, 6.07) is 9.71. The number of alkyl halides is 6. The van der Waals surface area contributed by atoms with Crippen LogP contribution in [0.25, 0.3) is 11.1 Å². The van der Waals surface area contributed by atoms with Crippen molar-refractivity contribution in [2.24, 2.45) is 0 Å². The molecule has 0 heterocycles. The first kappa shape index (κ1) is 30.1. The third-order valence-corrected chi connectivity index (χ3v) is 8.64. The van der Waals surface area contributed by atoms with Crippen LogP contribution in [0.15, 0.2) is 66.7 Å². The highest BCUT2D eigenvalue weighted by atomic mass is 31.2. The summed E-state index contributed by atoms with van der Waals surface area (Å²) in [7, 11) is -5.35. The zero-order valence-electron chi connectivity index (χ0n) is 20.4. The lowest BCUT2D eigenvalue weighted by Crippen LogP contribution is -2.27. The van der Waals surface area contributed by atoms with Gasteiger partial charge in [0.2, 0.25) is 13.1 Å². The minimum atomic E-state index is -5.35. The van der Waals surface area contributed by atoms with Gasteiger partial charge in [0.1, 0.15) is 5.69 Å². The van der Waals surface area contributed by atoms with Gasteiger partial charge in [-0.25, -0.2) is 22.0 Å². The summed E-state index contributed by atoms with van der Waals surface area (Å²) in [6.07, 6.45) is -10.2. The third kappa shape index (κ3) is 5.68. The molecule has 0 bridgehead atoms. The highest BCUT2D eigenvalue weighted by molar-refractivity contribution is 7.80. The monoisotopic (exact) mass is 609 g/mol. The second-order valence-electron chi connectivity index (χ2n) is 8.81. The van der Waals surface area contributed by atoms with Crippen LogP contribution >= 0.6 is 7.29 Å². The largest absolute Gasteiger partial charge is 0.416 e. The first-order chi connectivity index (χ1) is 18.9. The molecule has 0 fully saturated rings. The van der Waals surface area contributed by atoms with E-state index < -0.39 is 76.2 Å². The molecular formula is C27H15F11NOP. The van der Waals surface area contributed by atoms with E-state index in [0.29, 0.717) is 17.7 Å². The van der Waals surface area contributed by atoms with E-state index in [1.165, 1.54) is 24.3 Å². The molecule has 0 radical (unpaired) electrons. The minimum Gasteiger partial charge on any atom is -0.324 e. The van der Waals surface area contributed by atoms with Gasteiger partial charge in [-0.15, -0.1) is 0 Å². The van der Waals surface area contributed by atoms with Gasteiger partial charge in [0, 0.05) is 10.6 Å². The van der Waals surface area contributed by atoms with Gasteiger partial charge in [0.15, 0.2) is 23.3 Å². The molecule has 0 aliphatic heterocycles. The molecule has 1 unspecified atom stereocenters. The van der Waals surface area contributed by atoms with Crippen LogP contribution in [0, 0.1) is 36.0 Å². The van der Waals surface area contributed by atoms with E-state index >= 15 is 0 Å². The minimum absolute atomic E-state index is 0.0886. The van der Waals surface area contributed by atoms with E-state index in [4.69, 9.17) is 0 Å². The Bertz CT molecular complexity index is 1650. The average molecular weight is 609 g/mol. The summed E-state index contributed by atoms with van der Waals surface area (Å²) in [5.74, 6) is -12.6. The molecule has 1 N–H and O–H groups in total. The zero-order valence-corrected chi connectivity index (χ0v) is 21.3. The molecule has 4 aromatic carbocycles. The lowest BCUT2D eigenvalue weighted by molar-refractivity contribution is -0.138. The van der Waals surface area contributed by atoms with Crippen LogP contribution < -0.4 is 15.7 Å². The van der Waals surface area contributed by atoms with E-state index in [-0.39, 0.29) is 23.3 Å². The van der Waals surface area contributed by atoms with Crippen LogP contribution in [0.2, 0.25) is 0 Å². The molecule has 1 atom stereocenters. The highest BCUT2D eigenvalue weighted by Gasteiger charge is 2.40. The summed E-state index contributed by atoms with van der Waals surface area (Å²) in [6.45, 7) is 1.66. The topological polar surface area (TPSA) is 29.1 Å². The van der Waals surface area contributed by atoms with Crippen LogP contribution in [0.4, 0.5) is 54.0 Å². The average Bonchev–Trinajstić information content (AvgIpc) is 2.92. The van der Waals surface area contributed by atoms with Gasteiger partial charge in [-0.05, 0) is 48.4 Å². The number of hydrogen-bond donors (Lipinski definition) is 1. The summed E-state index contributed by atoms with van der Waals surface area (Å²) < 4.78 is 168. The Balaban J connectivity index is 2.13. The molecule has 41 heavy (non-hydrogen) atoms. The van der Waals surface area contributed by atoms with Gasteiger partial charge in [-0.1, -0.05) is 42.0 Å². The number of hydrogen-bond acceptors (Lipinski definition) is 1. The second kappa shape index (κ2) is 10.5. The zero-order chi connectivity index (χ0) is 30.5. The molecule has 0 aliphatic carbocycles. The molecule has 0 saturated carbocycles. The molecule has 0 aromatic heterocycles. The summed E-state index contributed by atoms with van der Waals surface area (Å²) in [5, 5.41) is -0.194. The maximum Gasteiger partial charge on any atom is 0.416 e. The van der Waals surface area contributed by atoms with E-state index in [2.05, 4.69) is 0 Å². The molecule has 14 heteroatoms. The van der Waals surface area contributed by atoms with Crippen molar-refractivity contribution in [1.29, 1.82) is 0 Å². The summed E-state index contributed by atoms with van der Waals surface area (Å²) >= 11 is 0. The van der Waals surface area contributed by atoms with E-state index in [1.54, 1.807) is 12.0 Å².